The van der Waals surface area contributed by atoms with Crippen molar-refractivity contribution in [3.63, 3.8) is 0 Å². The van der Waals surface area contributed by atoms with Crippen molar-refractivity contribution in [2.24, 2.45) is 0 Å². The number of aryl methyl sites for hydroxylation is 2. The largest absolute Gasteiger partial charge is 0.360 e. The first kappa shape index (κ1) is 14.5. The van der Waals surface area contributed by atoms with Crippen molar-refractivity contribution in [2.45, 2.75) is 44.6 Å². The van der Waals surface area contributed by atoms with E-state index in [0.717, 1.165) is 13.1 Å². The Morgan fingerprint density at radius 1 is 1.37 bits per heavy atom. The minimum Gasteiger partial charge on any atom is -0.360 e. The van der Waals surface area contributed by atoms with Gasteiger partial charge < -0.3 is 4.52 Å². The van der Waals surface area contributed by atoms with E-state index in [2.05, 4.69) is 14.8 Å². The number of aromatic nitrogens is 1. The topological polar surface area (TPSA) is 75.4 Å². The second-order valence-electron chi connectivity index (χ2n) is 5.10. The molecule has 19 heavy (non-hydrogen) atoms. The zero-order chi connectivity index (χ0) is 14.0. The summed E-state index contributed by atoms with van der Waals surface area (Å²) in [5.41, 5.74) is 0.402. The lowest BCUT2D eigenvalue weighted by molar-refractivity contribution is 0.260. The standard InChI is InChI=1S/C12H21N3O3S/c1-9(15-6-4-5-7-15)8-13-19(16,17)12-10(2)14-18-11(12)3/h9,13H,4-8H2,1-3H3. The molecule has 0 amide bonds. The molecule has 0 bridgehead atoms. The number of sulfonamides is 1. The molecule has 108 valence electrons. The van der Waals surface area contributed by atoms with Crippen LogP contribution in [0.1, 0.15) is 31.2 Å². The van der Waals surface area contributed by atoms with Crippen molar-refractivity contribution >= 4 is 10.0 Å². The molecule has 1 unspecified atom stereocenters. The maximum absolute atomic E-state index is 12.2. The molecule has 0 radical (unpaired) electrons. The lowest BCUT2D eigenvalue weighted by Crippen LogP contribution is -2.40. The molecule has 2 heterocycles. The number of rotatable bonds is 5. The van der Waals surface area contributed by atoms with Crippen molar-refractivity contribution in [3.8, 4) is 0 Å². The van der Waals surface area contributed by atoms with Gasteiger partial charge in [0, 0.05) is 12.6 Å². The molecule has 7 heteroatoms. The normalized spacial score (nSPS) is 18.9. The average molecular weight is 287 g/mol. The van der Waals surface area contributed by atoms with Gasteiger partial charge in [0.1, 0.15) is 10.6 Å². The van der Waals surface area contributed by atoms with Crippen LogP contribution in [-0.2, 0) is 10.0 Å². The molecule has 0 aromatic carbocycles. The van der Waals surface area contributed by atoms with Gasteiger partial charge in [0.25, 0.3) is 0 Å². The molecule has 1 N–H and O–H groups in total. The van der Waals surface area contributed by atoms with Crippen LogP contribution in [-0.4, -0.2) is 44.2 Å². The first-order valence-corrected chi connectivity index (χ1v) is 8.06. The van der Waals surface area contributed by atoms with Crippen molar-refractivity contribution in [1.82, 2.24) is 14.8 Å². The lowest BCUT2D eigenvalue weighted by atomic mass is 10.3. The Labute approximate surface area is 114 Å². The van der Waals surface area contributed by atoms with Crippen LogP contribution in [0, 0.1) is 13.8 Å². The number of likely N-dealkylation sites (tertiary alicyclic amines) is 1. The van der Waals surface area contributed by atoms with Crippen LogP contribution >= 0.6 is 0 Å². The molecule has 1 saturated heterocycles. The maximum Gasteiger partial charge on any atom is 0.246 e. The summed E-state index contributed by atoms with van der Waals surface area (Å²) in [6, 6.07) is 0.206. The molecule has 1 aromatic rings. The van der Waals surface area contributed by atoms with Gasteiger partial charge in [-0.1, -0.05) is 5.16 Å². The van der Waals surface area contributed by atoms with E-state index in [-0.39, 0.29) is 10.9 Å². The smallest absolute Gasteiger partial charge is 0.246 e. The molecule has 2 rings (SSSR count). The van der Waals surface area contributed by atoms with E-state index in [1.807, 2.05) is 6.92 Å². The van der Waals surface area contributed by atoms with E-state index < -0.39 is 10.0 Å². The van der Waals surface area contributed by atoms with Crippen LogP contribution < -0.4 is 4.72 Å². The Kier molecular flexibility index (Phi) is 4.27. The first-order valence-electron chi connectivity index (χ1n) is 6.58. The number of nitrogens with zero attached hydrogens (tertiary/aromatic N) is 2. The Bertz CT molecular complexity index is 513. The van der Waals surface area contributed by atoms with Gasteiger partial charge in [-0.05, 0) is 46.7 Å². The summed E-state index contributed by atoms with van der Waals surface area (Å²) < 4.78 is 32.0. The van der Waals surface area contributed by atoms with E-state index in [4.69, 9.17) is 4.52 Å². The zero-order valence-electron chi connectivity index (χ0n) is 11.6. The van der Waals surface area contributed by atoms with Crippen molar-refractivity contribution in [1.29, 1.82) is 0 Å². The molecule has 0 saturated carbocycles. The minimum absolute atomic E-state index is 0.168. The Morgan fingerprint density at radius 2 is 2.00 bits per heavy atom. The van der Waals surface area contributed by atoms with Crippen molar-refractivity contribution in [2.75, 3.05) is 19.6 Å². The monoisotopic (exact) mass is 287 g/mol. The number of hydrogen-bond donors (Lipinski definition) is 1. The van der Waals surface area contributed by atoms with Crippen molar-refractivity contribution in [3.05, 3.63) is 11.5 Å². The van der Waals surface area contributed by atoms with E-state index >= 15 is 0 Å². The first-order chi connectivity index (χ1) is 8.92. The molecule has 1 fully saturated rings. The van der Waals surface area contributed by atoms with Crippen LogP contribution in [0.3, 0.4) is 0 Å². The van der Waals surface area contributed by atoms with Crippen LogP contribution in [0.2, 0.25) is 0 Å². The molecule has 1 aliphatic heterocycles. The fourth-order valence-corrected chi connectivity index (χ4v) is 3.92. The summed E-state index contributed by atoms with van der Waals surface area (Å²) in [6.07, 6.45) is 2.39. The highest BCUT2D eigenvalue weighted by molar-refractivity contribution is 7.89. The predicted octanol–water partition coefficient (Wildman–Crippen LogP) is 1.05. The van der Waals surface area contributed by atoms with Gasteiger partial charge in [-0.3, -0.25) is 4.90 Å². The fourth-order valence-electron chi connectivity index (χ4n) is 2.47. The lowest BCUT2D eigenvalue weighted by Gasteiger charge is -2.23. The maximum atomic E-state index is 12.2. The zero-order valence-corrected chi connectivity index (χ0v) is 12.5. The summed E-state index contributed by atoms with van der Waals surface area (Å²) in [5, 5.41) is 3.68. The average Bonchev–Trinajstić information content (AvgIpc) is 2.96. The second-order valence-corrected chi connectivity index (χ2v) is 6.80. The van der Waals surface area contributed by atoms with E-state index in [1.165, 1.54) is 12.8 Å². The Morgan fingerprint density at radius 3 is 2.53 bits per heavy atom. The molecular formula is C12H21N3O3S. The molecule has 6 nitrogen and oxygen atoms in total. The minimum atomic E-state index is -3.54. The van der Waals surface area contributed by atoms with Gasteiger partial charge in [-0.25, -0.2) is 13.1 Å². The SMILES string of the molecule is Cc1noc(C)c1S(=O)(=O)NCC(C)N1CCCC1. The van der Waals surface area contributed by atoms with Gasteiger partial charge >= 0.3 is 0 Å². The van der Waals surface area contributed by atoms with Gasteiger partial charge in [0.05, 0.1) is 0 Å². The third-order valence-electron chi connectivity index (χ3n) is 3.57. The van der Waals surface area contributed by atoms with Crippen LogP contribution in [0.15, 0.2) is 9.42 Å². The summed E-state index contributed by atoms with van der Waals surface area (Å²) in [5.74, 6) is 0.332. The molecule has 0 spiro atoms. The van der Waals surface area contributed by atoms with E-state index in [0.29, 0.717) is 18.0 Å². The quantitative estimate of drug-likeness (QED) is 0.876. The van der Waals surface area contributed by atoms with Crippen LogP contribution in [0.4, 0.5) is 0 Å². The fraction of sp³-hybridized carbons (Fsp3) is 0.750. The molecule has 1 aromatic heterocycles. The predicted molar refractivity (Wildman–Crippen MR) is 71.4 cm³/mol. The summed E-state index contributed by atoms with van der Waals surface area (Å²) in [4.78, 5) is 2.47. The van der Waals surface area contributed by atoms with Gasteiger partial charge in [0.2, 0.25) is 10.0 Å². The molecular weight excluding hydrogens is 266 g/mol. The highest BCUT2D eigenvalue weighted by atomic mass is 32.2. The third-order valence-corrected chi connectivity index (χ3v) is 5.24. The summed E-state index contributed by atoms with van der Waals surface area (Å²) in [7, 11) is -3.54. The third kappa shape index (κ3) is 3.16. The Balaban J connectivity index is 2.02. The Hall–Kier alpha value is -0.920. The summed E-state index contributed by atoms with van der Waals surface area (Å²) >= 11 is 0. The van der Waals surface area contributed by atoms with E-state index in [9.17, 15) is 8.42 Å². The van der Waals surface area contributed by atoms with E-state index in [1.54, 1.807) is 13.8 Å². The molecule has 1 atom stereocenters. The van der Waals surface area contributed by atoms with Crippen LogP contribution in [0.5, 0.6) is 0 Å². The van der Waals surface area contributed by atoms with Crippen LogP contribution in [0.25, 0.3) is 0 Å². The number of hydrogen-bond acceptors (Lipinski definition) is 5. The molecule has 0 aliphatic carbocycles. The number of nitrogens with one attached hydrogen (secondary N) is 1. The molecule has 1 aliphatic rings. The van der Waals surface area contributed by atoms with Crippen molar-refractivity contribution < 1.29 is 12.9 Å². The highest BCUT2D eigenvalue weighted by Gasteiger charge is 2.26. The summed E-state index contributed by atoms with van der Waals surface area (Å²) in [6.45, 7) is 7.80. The van der Waals surface area contributed by atoms with Gasteiger partial charge in [-0.2, -0.15) is 0 Å². The second kappa shape index (κ2) is 5.60. The highest BCUT2D eigenvalue weighted by Crippen LogP contribution is 2.19. The van der Waals surface area contributed by atoms with Gasteiger partial charge in [-0.15, -0.1) is 0 Å². The van der Waals surface area contributed by atoms with Gasteiger partial charge in [0.15, 0.2) is 5.76 Å².